The van der Waals surface area contributed by atoms with E-state index in [9.17, 15) is 4.79 Å². The summed E-state index contributed by atoms with van der Waals surface area (Å²) in [5.41, 5.74) is 7.95. The summed E-state index contributed by atoms with van der Waals surface area (Å²) in [6.45, 7) is 9.58. The zero-order valence-electron chi connectivity index (χ0n) is 15.4. The van der Waals surface area contributed by atoms with Crippen LogP contribution in [0.5, 0.6) is 5.75 Å². The highest BCUT2D eigenvalue weighted by Crippen LogP contribution is 2.33. The first-order valence-electron chi connectivity index (χ1n) is 8.19. The van der Waals surface area contributed by atoms with Gasteiger partial charge in [0.2, 0.25) is 0 Å². The molecule has 0 amide bonds. The summed E-state index contributed by atoms with van der Waals surface area (Å²) in [5, 5.41) is 0.987. The molecule has 1 heterocycles. The largest absolute Gasteiger partial charge is 0.496 e. The first-order valence-corrected chi connectivity index (χ1v) is 9.16. The lowest BCUT2D eigenvalue weighted by Crippen LogP contribution is -2.26. The summed E-state index contributed by atoms with van der Waals surface area (Å²) in [6.07, 6.45) is 1.38. The molecule has 0 aliphatic heterocycles. The van der Waals surface area contributed by atoms with Crippen molar-refractivity contribution in [3.05, 3.63) is 29.5 Å². The van der Waals surface area contributed by atoms with Gasteiger partial charge in [-0.05, 0) is 45.4 Å². The molecule has 0 bridgehead atoms. The molecule has 2 rings (SSSR count). The number of hydrogen-bond donors (Lipinski definition) is 1. The van der Waals surface area contributed by atoms with Gasteiger partial charge < -0.3 is 15.2 Å². The van der Waals surface area contributed by atoms with Gasteiger partial charge in [-0.1, -0.05) is 0 Å². The van der Waals surface area contributed by atoms with Crippen LogP contribution in [0, 0.1) is 6.92 Å². The molecule has 1 aromatic heterocycles. The van der Waals surface area contributed by atoms with Gasteiger partial charge in [-0.3, -0.25) is 4.57 Å². The van der Waals surface area contributed by atoms with Crippen molar-refractivity contribution in [2.24, 2.45) is 5.73 Å². The molecular formula is C18H26IN3O3. The Morgan fingerprint density at radius 1 is 1.40 bits per heavy atom. The lowest BCUT2D eigenvalue weighted by Gasteiger charge is -2.21. The first kappa shape index (κ1) is 20.0. The topological polar surface area (TPSA) is 69.7 Å². The summed E-state index contributed by atoms with van der Waals surface area (Å²) in [7, 11) is 1.66. The van der Waals surface area contributed by atoms with Gasteiger partial charge in [0.25, 0.3) is 0 Å². The van der Waals surface area contributed by atoms with Crippen LogP contribution in [0.25, 0.3) is 10.9 Å². The Balaban J connectivity index is 2.54. The van der Waals surface area contributed by atoms with Crippen molar-refractivity contribution < 1.29 is 14.3 Å². The predicted molar refractivity (Wildman–Crippen MR) is 108 cm³/mol. The number of aryl methyl sites for hydroxylation is 1. The first-order chi connectivity index (χ1) is 11.7. The number of nitrogens with two attached hydrogens (primary N) is 1. The van der Waals surface area contributed by atoms with E-state index in [1.165, 1.54) is 0 Å². The predicted octanol–water partition coefficient (Wildman–Crippen LogP) is 3.85. The van der Waals surface area contributed by atoms with Crippen LogP contribution in [0.2, 0.25) is 0 Å². The number of benzene rings is 1. The fraction of sp³-hybridized carbons (Fsp3) is 0.500. The molecule has 1 aromatic carbocycles. The number of ether oxygens (including phenoxy) is 2. The van der Waals surface area contributed by atoms with E-state index in [2.05, 4.69) is 26.0 Å². The molecule has 6 nitrogen and oxygen atoms in total. The summed E-state index contributed by atoms with van der Waals surface area (Å²) < 4.78 is 14.8. The van der Waals surface area contributed by atoms with Gasteiger partial charge in [0.05, 0.1) is 12.6 Å². The van der Waals surface area contributed by atoms with Crippen LogP contribution in [-0.4, -0.2) is 39.6 Å². The second kappa shape index (κ2) is 7.92. The third-order valence-electron chi connectivity index (χ3n) is 3.74. The van der Waals surface area contributed by atoms with E-state index < -0.39 is 5.60 Å². The maximum absolute atomic E-state index is 12.6. The van der Waals surface area contributed by atoms with E-state index in [-0.39, 0.29) is 6.09 Å². The van der Waals surface area contributed by atoms with Crippen molar-refractivity contribution in [2.45, 2.75) is 39.8 Å². The molecule has 0 aliphatic rings. The normalized spacial score (nSPS) is 12.0. The zero-order valence-corrected chi connectivity index (χ0v) is 17.6. The van der Waals surface area contributed by atoms with Crippen LogP contribution in [0.15, 0.2) is 18.3 Å². The lowest BCUT2D eigenvalue weighted by atomic mass is 10.0. The summed E-state index contributed by atoms with van der Waals surface area (Å²) >= 11 is 2.26. The van der Waals surface area contributed by atoms with Gasteiger partial charge in [0.1, 0.15) is 11.4 Å². The standard InChI is InChI=1S/C18H26IN3O3/c1-12-10-15(24-5)14(11-21(19)9-7-20)13-6-8-22(16(12)13)17(23)25-18(2,3)4/h6,8,10H,7,9,11,20H2,1-5H3. The minimum atomic E-state index is -0.545. The highest BCUT2D eigenvalue weighted by molar-refractivity contribution is 14.1. The number of nitrogens with zero attached hydrogens (tertiary/aromatic N) is 2. The number of carbonyl (C=O) groups is 1. The Morgan fingerprint density at radius 3 is 2.64 bits per heavy atom. The number of hydrogen-bond acceptors (Lipinski definition) is 5. The van der Waals surface area contributed by atoms with Gasteiger partial charge in [0.15, 0.2) is 0 Å². The molecule has 0 saturated carbocycles. The number of halogens is 1. The Kier molecular flexibility index (Phi) is 6.34. The highest BCUT2D eigenvalue weighted by atomic mass is 127. The van der Waals surface area contributed by atoms with Crippen molar-refractivity contribution >= 4 is 39.9 Å². The SMILES string of the molecule is COc1cc(C)c2c(ccn2C(=O)OC(C)(C)C)c1CN(I)CCN. The summed E-state index contributed by atoms with van der Waals surface area (Å²) in [6, 6.07) is 3.91. The van der Waals surface area contributed by atoms with Gasteiger partial charge in [-0.15, -0.1) is 0 Å². The van der Waals surface area contributed by atoms with Gasteiger partial charge in [-0.25, -0.2) is 7.91 Å². The fourth-order valence-corrected chi connectivity index (χ4v) is 3.38. The molecule has 0 fully saturated rings. The second-order valence-electron chi connectivity index (χ2n) is 6.94. The van der Waals surface area contributed by atoms with Crippen molar-refractivity contribution in [1.29, 1.82) is 0 Å². The van der Waals surface area contributed by atoms with Crippen LogP contribution < -0.4 is 10.5 Å². The van der Waals surface area contributed by atoms with E-state index in [0.29, 0.717) is 13.1 Å². The number of rotatable bonds is 5. The molecular weight excluding hydrogens is 433 g/mol. The minimum absolute atomic E-state index is 0.380. The average Bonchev–Trinajstić information content (AvgIpc) is 2.94. The number of carbonyl (C=O) groups excluding carboxylic acids is 1. The number of fused-ring (bicyclic) bond motifs is 1. The van der Waals surface area contributed by atoms with E-state index >= 15 is 0 Å². The van der Waals surface area contributed by atoms with Crippen LogP contribution >= 0.6 is 22.9 Å². The minimum Gasteiger partial charge on any atom is -0.496 e. The molecule has 0 atom stereocenters. The quantitative estimate of drug-likeness (QED) is 0.544. The highest BCUT2D eigenvalue weighted by Gasteiger charge is 2.22. The third kappa shape index (κ3) is 4.65. The smallest absolute Gasteiger partial charge is 0.419 e. The van der Waals surface area contributed by atoms with E-state index in [1.54, 1.807) is 17.9 Å². The van der Waals surface area contributed by atoms with Crippen LogP contribution in [-0.2, 0) is 11.3 Å². The fourth-order valence-electron chi connectivity index (χ4n) is 2.76. The van der Waals surface area contributed by atoms with Crippen molar-refractivity contribution in [3.8, 4) is 5.75 Å². The molecule has 2 aromatic rings. The Morgan fingerprint density at radius 2 is 2.08 bits per heavy atom. The third-order valence-corrected chi connectivity index (χ3v) is 4.57. The van der Waals surface area contributed by atoms with E-state index in [0.717, 1.165) is 34.3 Å². The summed E-state index contributed by atoms with van der Waals surface area (Å²) in [5.74, 6) is 0.811. The van der Waals surface area contributed by atoms with Gasteiger partial charge >= 0.3 is 6.09 Å². The maximum atomic E-state index is 12.6. The molecule has 2 N–H and O–H groups in total. The molecule has 0 unspecified atom stereocenters. The molecule has 25 heavy (non-hydrogen) atoms. The molecule has 7 heteroatoms. The van der Waals surface area contributed by atoms with E-state index in [4.69, 9.17) is 15.2 Å². The molecule has 0 aliphatic carbocycles. The zero-order chi connectivity index (χ0) is 18.8. The monoisotopic (exact) mass is 459 g/mol. The molecule has 138 valence electrons. The molecule has 0 saturated heterocycles. The van der Waals surface area contributed by atoms with Crippen LogP contribution in [0.1, 0.15) is 31.9 Å². The van der Waals surface area contributed by atoms with Gasteiger partial charge in [-0.2, -0.15) is 0 Å². The maximum Gasteiger partial charge on any atom is 0.419 e. The van der Waals surface area contributed by atoms with E-state index in [1.807, 2.05) is 39.8 Å². The summed E-state index contributed by atoms with van der Waals surface area (Å²) in [4.78, 5) is 12.6. The van der Waals surface area contributed by atoms with Crippen molar-refractivity contribution in [3.63, 3.8) is 0 Å². The second-order valence-corrected chi connectivity index (χ2v) is 8.30. The molecule has 0 radical (unpaired) electrons. The Hall–Kier alpha value is -1.32. The van der Waals surface area contributed by atoms with Crippen molar-refractivity contribution in [2.75, 3.05) is 20.2 Å². The van der Waals surface area contributed by atoms with Gasteiger partial charge in [0, 0.05) is 59.6 Å². The Bertz CT molecular complexity index is 765. The lowest BCUT2D eigenvalue weighted by molar-refractivity contribution is 0.0544. The Labute approximate surface area is 162 Å². The van der Waals surface area contributed by atoms with Crippen LogP contribution in [0.3, 0.4) is 0 Å². The molecule has 0 spiro atoms. The van der Waals surface area contributed by atoms with Crippen molar-refractivity contribution in [1.82, 2.24) is 7.68 Å². The average molecular weight is 459 g/mol. The number of aromatic nitrogens is 1. The van der Waals surface area contributed by atoms with Crippen LogP contribution in [0.4, 0.5) is 4.79 Å². The number of methoxy groups -OCH3 is 1.